The molecule has 2 heteroatoms. The van der Waals surface area contributed by atoms with E-state index >= 15 is 0 Å². The molecular weight excluding hydrogens is 210 g/mol. The number of carbonyl (C=O) groups is 1. The van der Waals surface area contributed by atoms with Crippen LogP contribution in [0.4, 0.5) is 0 Å². The van der Waals surface area contributed by atoms with Gasteiger partial charge in [-0.3, -0.25) is 4.79 Å². The molecule has 1 saturated carbocycles. The summed E-state index contributed by atoms with van der Waals surface area (Å²) in [5, 5.41) is 1.28. The third kappa shape index (κ3) is 2.26. The summed E-state index contributed by atoms with van der Waals surface area (Å²) in [6, 6.07) is 8.51. The van der Waals surface area contributed by atoms with Gasteiger partial charge in [-0.15, -0.1) is 0 Å². The number of rotatable bonds is 4. The van der Waals surface area contributed by atoms with Crippen LogP contribution in [0.3, 0.4) is 0 Å². The molecule has 0 spiro atoms. The molecule has 1 aliphatic rings. The Balaban J connectivity index is 1.96. The summed E-state index contributed by atoms with van der Waals surface area (Å²) in [6.45, 7) is 2.78. The maximum atomic E-state index is 11.2. The summed E-state index contributed by atoms with van der Waals surface area (Å²) in [5.74, 6) is 1.10. The van der Waals surface area contributed by atoms with Gasteiger partial charge in [0.2, 0.25) is 0 Å². The van der Waals surface area contributed by atoms with E-state index in [2.05, 4.69) is 35.0 Å². The largest absolute Gasteiger partial charge is 0.347 e. The molecule has 1 aromatic carbocycles. The van der Waals surface area contributed by atoms with E-state index in [1.54, 1.807) is 6.92 Å². The predicted octanol–water partition coefficient (Wildman–Crippen LogP) is 3.18. The van der Waals surface area contributed by atoms with Crippen LogP contribution >= 0.6 is 0 Å². The van der Waals surface area contributed by atoms with Gasteiger partial charge in [0.15, 0.2) is 0 Å². The molecule has 0 amide bonds. The second kappa shape index (κ2) is 4.02. The number of benzene rings is 1. The number of nitrogens with zero attached hydrogens (tertiary/aromatic N) is 1. The third-order valence-corrected chi connectivity index (χ3v) is 3.44. The molecule has 0 N–H and O–H groups in total. The van der Waals surface area contributed by atoms with Crippen LogP contribution in [0.25, 0.3) is 10.9 Å². The van der Waals surface area contributed by atoms with Crippen molar-refractivity contribution in [1.82, 2.24) is 4.57 Å². The normalized spacial score (nSPS) is 15.4. The van der Waals surface area contributed by atoms with Gasteiger partial charge in [0, 0.05) is 24.7 Å². The minimum absolute atomic E-state index is 0.227. The lowest BCUT2D eigenvalue weighted by atomic mass is 10.1. The zero-order chi connectivity index (χ0) is 11.8. The summed E-state index contributed by atoms with van der Waals surface area (Å²) in [4.78, 5) is 11.2. The van der Waals surface area contributed by atoms with Gasteiger partial charge >= 0.3 is 0 Å². The molecule has 2 nitrogen and oxygen atoms in total. The van der Waals surface area contributed by atoms with E-state index in [0.717, 1.165) is 18.0 Å². The quantitative estimate of drug-likeness (QED) is 0.786. The van der Waals surface area contributed by atoms with Crippen molar-refractivity contribution >= 4 is 16.7 Å². The van der Waals surface area contributed by atoms with E-state index in [1.807, 2.05) is 0 Å². The molecule has 0 radical (unpaired) electrons. The van der Waals surface area contributed by atoms with Gasteiger partial charge in [0.05, 0.1) is 0 Å². The standard InChI is InChI=1S/C15H17NO/c1-11(17)8-13-4-5-14-6-7-16(15(14)9-13)10-12-2-3-12/h4-7,9,12H,2-3,8,10H2,1H3. The van der Waals surface area contributed by atoms with Crippen LogP contribution in [0, 0.1) is 5.92 Å². The van der Waals surface area contributed by atoms with Gasteiger partial charge in [-0.2, -0.15) is 0 Å². The Bertz CT molecular complexity index is 563. The van der Waals surface area contributed by atoms with Gasteiger partial charge in [0.1, 0.15) is 5.78 Å². The van der Waals surface area contributed by atoms with Gasteiger partial charge in [-0.25, -0.2) is 0 Å². The Hall–Kier alpha value is -1.57. The number of Topliss-reactive ketones (excluding diaryl/α,β-unsaturated/α-hetero) is 1. The van der Waals surface area contributed by atoms with Crippen LogP contribution in [0.1, 0.15) is 25.3 Å². The molecule has 1 aromatic heterocycles. The number of carbonyl (C=O) groups excluding carboxylic acids is 1. The highest BCUT2D eigenvalue weighted by Crippen LogP contribution is 2.32. The van der Waals surface area contributed by atoms with E-state index in [4.69, 9.17) is 0 Å². The summed E-state index contributed by atoms with van der Waals surface area (Å²) >= 11 is 0. The minimum atomic E-state index is 0.227. The van der Waals surface area contributed by atoms with Crippen molar-refractivity contribution in [3.63, 3.8) is 0 Å². The van der Waals surface area contributed by atoms with Crippen LogP contribution in [0.2, 0.25) is 0 Å². The highest BCUT2D eigenvalue weighted by molar-refractivity contribution is 5.83. The molecule has 88 valence electrons. The maximum absolute atomic E-state index is 11.2. The average Bonchev–Trinajstić information content (AvgIpc) is 3.00. The first-order chi connectivity index (χ1) is 8.22. The SMILES string of the molecule is CC(=O)Cc1ccc2ccn(CC3CC3)c2c1. The van der Waals surface area contributed by atoms with Crippen molar-refractivity contribution in [2.45, 2.75) is 32.7 Å². The first-order valence-corrected chi connectivity index (χ1v) is 6.29. The molecule has 0 bridgehead atoms. The minimum Gasteiger partial charge on any atom is -0.347 e. The topological polar surface area (TPSA) is 22.0 Å². The first-order valence-electron chi connectivity index (χ1n) is 6.29. The molecule has 1 heterocycles. The van der Waals surface area contributed by atoms with Crippen LogP contribution in [-0.4, -0.2) is 10.4 Å². The molecule has 17 heavy (non-hydrogen) atoms. The average molecular weight is 227 g/mol. The fourth-order valence-corrected chi connectivity index (χ4v) is 2.36. The van der Waals surface area contributed by atoms with Crippen LogP contribution in [0.5, 0.6) is 0 Å². The van der Waals surface area contributed by atoms with E-state index < -0.39 is 0 Å². The molecule has 0 unspecified atom stereocenters. The number of hydrogen-bond acceptors (Lipinski definition) is 1. The Morgan fingerprint density at radius 2 is 2.18 bits per heavy atom. The molecular formula is C15H17NO. The van der Waals surface area contributed by atoms with E-state index in [9.17, 15) is 4.79 Å². The van der Waals surface area contributed by atoms with Crippen molar-refractivity contribution in [1.29, 1.82) is 0 Å². The highest BCUT2D eigenvalue weighted by Gasteiger charge is 2.22. The molecule has 1 aliphatic carbocycles. The summed E-state index contributed by atoms with van der Waals surface area (Å²) in [6.07, 6.45) is 5.45. The molecule has 1 fully saturated rings. The summed E-state index contributed by atoms with van der Waals surface area (Å²) < 4.78 is 2.33. The monoisotopic (exact) mass is 227 g/mol. The fraction of sp³-hybridized carbons (Fsp3) is 0.400. The van der Waals surface area contributed by atoms with Crippen molar-refractivity contribution in [2.75, 3.05) is 0 Å². The second-order valence-electron chi connectivity index (χ2n) is 5.18. The van der Waals surface area contributed by atoms with Gasteiger partial charge in [-0.05, 0) is 48.8 Å². The fourth-order valence-electron chi connectivity index (χ4n) is 2.36. The van der Waals surface area contributed by atoms with Crippen molar-refractivity contribution in [3.8, 4) is 0 Å². The van der Waals surface area contributed by atoms with Crippen molar-refractivity contribution < 1.29 is 4.79 Å². The molecule has 0 atom stereocenters. The number of hydrogen-bond donors (Lipinski definition) is 0. The molecule has 3 rings (SSSR count). The van der Waals surface area contributed by atoms with Gasteiger partial charge in [0.25, 0.3) is 0 Å². The molecule has 0 saturated heterocycles. The summed E-state index contributed by atoms with van der Waals surface area (Å²) in [5.41, 5.74) is 2.40. The van der Waals surface area contributed by atoms with Crippen molar-refractivity contribution in [2.24, 2.45) is 5.92 Å². The lowest BCUT2D eigenvalue weighted by Crippen LogP contribution is -1.99. The maximum Gasteiger partial charge on any atom is 0.134 e. The van der Waals surface area contributed by atoms with Gasteiger partial charge < -0.3 is 4.57 Å². The van der Waals surface area contributed by atoms with Crippen LogP contribution in [-0.2, 0) is 17.8 Å². The third-order valence-electron chi connectivity index (χ3n) is 3.44. The van der Waals surface area contributed by atoms with Crippen LogP contribution in [0.15, 0.2) is 30.5 Å². The number of fused-ring (bicyclic) bond motifs is 1. The Kier molecular flexibility index (Phi) is 2.50. The second-order valence-corrected chi connectivity index (χ2v) is 5.18. The molecule has 0 aliphatic heterocycles. The first kappa shape index (κ1) is 10.6. The lowest BCUT2D eigenvalue weighted by molar-refractivity contribution is -0.116. The smallest absolute Gasteiger partial charge is 0.134 e. The Morgan fingerprint density at radius 1 is 1.35 bits per heavy atom. The zero-order valence-corrected chi connectivity index (χ0v) is 10.1. The Morgan fingerprint density at radius 3 is 2.88 bits per heavy atom. The zero-order valence-electron chi connectivity index (χ0n) is 10.1. The van der Waals surface area contributed by atoms with E-state index in [1.165, 1.54) is 23.7 Å². The van der Waals surface area contributed by atoms with Crippen LogP contribution < -0.4 is 0 Å². The van der Waals surface area contributed by atoms with Crippen molar-refractivity contribution in [3.05, 3.63) is 36.0 Å². The number of aromatic nitrogens is 1. The highest BCUT2D eigenvalue weighted by atomic mass is 16.1. The predicted molar refractivity (Wildman–Crippen MR) is 69.0 cm³/mol. The lowest BCUT2D eigenvalue weighted by Gasteiger charge is -2.05. The van der Waals surface area contributed by atoms with E-state index in [-0.39, 0.29) is 5.78 Å². The van der Waals surface area contributed by atoms with E-state index in [0.29, 0.717) is 6.42 Å². The Labute approximate surface area is 101 Å². The summed E-state index contributed by atoms with van der Waals surface area (Å²) in [7, 11) is 0. The molecule has 2 aromatic rings. The van der Waals surface area contributed by atoms with Gasteiger partial charge in [-0.1, -0.05) is 12.1 Å². The number of ketones is 1.